The number of piperidine rings is 1. The molecule has 0 aromatic heterocycles. The molecule has 6 nitrogen and oxygen atoms in total. The lowest BCUT2D eigenvalue weighted by Gasteiger charge is -2.47. The molecular weight excluding hydrogens is 469 g/mol. The Bertz CT molecular complexity index is 1260. The monoisotopic (exact) mass is 503 g/mol. The molecule has 1 aliphatic carbocycles. The number of likely N-dealkylation sites (tertiary alicyclic amines) is 1. The lowest BCUT2D eigenvalue weighted by Crippen LogP contribution is -2.54. The van der Waals surface area contributed by atoms with Crippen LogP contribution in [0.1, 0.15) is 57.1 Å². The minimum atomic E-state index is -1.15. The van der Waals surface area contributed by atoms with Gasteiger partial charge in [0, 0.05) is 42.5 Å². The fraction of sp³-hybridized carbons (Fsp3) is 0.367. The molecule has 3 aliphatic rings. The third-order valence-electron chi connectivity index (χ3n) is 7.88. The Hall–Kier alpha value is -3.74. The first-order valence-corrected chi connectivity index (χ1v) is 12.8. The topological polar surface area (TPSA) is 73.2 Å². The third kappa shape index (κ3) is 5.22. The molecule has 7 heteroatoms. The van der Waals surface area contributed by atoms with Gasteiger partial charge in [0.2, 0.25) is 0 Å². The van der Waals surface area contributed by atoms with Gasteiger partial charge in [0.15, 0.2) is 0 Å². The molecule has 0 saturated carbocycles. The zero-order chi connectivity index (χ0) is 26.7. The SMILES string of the molecule is C=C(/C=C1/N=C(C(=O)N2CCCC3(CC=CC3)C2C)C=C(CC)N1C)c1cccc(/C=C/C(=O)O)c1F. The van der Waals surface area contributed by atoms with E-state index in [-0.39, 0.29) is 28.5 Å². The Morgan fingerprint density at radius 2 is 2.03 bits per heavy atom. The van der Waals surface area contributed by atoms with Crippen LogP contribution in [-0.4, -0.2) is 52.1 Å². The Morgan fingerprint density at radius 3 is 2.70 bits per heavy atom. The van der Waals surface area contributed by atoms with Crippen molar-refractivity contribution in [2.24, 2.45) is 10.4 Å². The van der Waals surface area contributed by atoms with Crippen LogP contribution in [0, 0.1) is 11.2 Å². The average molecular weight is 504 g/mol. The molecule has 1 amide bonds. The summed E-state index contributed by atoms with van der Waals surface area (Å²) in [5.41, 5.74) is 2.19. The predicted molar refractivity (Wildman–Crippen MR) is 145 cm³/mol. The number of aliphatic carboxylic acids is 1. The van der Waals surface area contributed by atoms with Crippen molar-refractivity contribution >= 4 is 29.2 Å². The van der Waals surface area contributed by atoms with E-state index >= 15 is 4.39 Å². The molecule has 194 valence electrons. The minimum absolute atomic E-state index is 0.0824. The number of amides is 1. The smallest absolute Gasteiger partial charge is 0.328 e. The minimum Gasteiger partial charge on any atom is -0.478 e. The van der Waals surface area contributed by atoms with Crippen LogP contribution in [0.4, 0.5) is 4.39 Å². The summed E-state index contributed by atoms with van der Waals surface area (Å²) in [5, 5.41) is 8.88. The normalized spacial score (nSPS) is 22.1. The second kappa shape index (κ2) is 10.7. The molecule has 1 fully saturated rings. The molecule has 1 spiro atoms. The van der Waals surface area contributed by atoms with E-state index < -0.39 is 11.8 Å². The van der Waals surface area contributed by atoms with Gasteiger partial charge in [-0.3, -0.25) is 4.79 Å². The van der Waals surface area contributed by atoms with Crippen molar-refractivity contribution in [1.82, 2.24) is 9.80 Å². The quantitative estimate of drug-likeness (QED) is 0.393. The van der Waals surface area contributed by atoms with Crippen LogP contribution in [0.25, 0.3) is 11.6 Å². The number of aliphatic imine (C=N–C) groups is 1. The molecular formula is C30H34FN3O3. The molecule has 2 heterocycles. The Kier molecular flexibility index (Phi) is 7.62. The van der Waals surface area contributed by atoms with Crippen molar-refractivity contribution in [3.05, 3.63) is 83.6 Å². The Labute approximate surface area is 217 Å². The van der Waals surface area contributed by atoms with Crippen molar-refractivity contribution in [2.45, 2.75) is 52.0 Å². The number of allylic oxidation sites excluding steroid dienone is 5. The van der Waals surface area contributed by atoms with Crippen LogP contribution in [-0.2, 0) is 9.59 Å². The van der Waals surface area contributed by atoms with Gasteiger partial charge in [-0.05, 0) is 68.2 Å². The van der Waals surface area contributed by atoms with Crippen molar-refractivity contribution in [3.8, 4) is 0 Å². The number of hydrogen-bond acceptors (Lipinski definition) is 4. The zero-order valence-corrected chi connectivity index (χ0v) is 21.7. The van der Waals surface area contributed by atoms with E-state index in [9.17, 15) is 9.59 Å². The lowest BCUT2D eigenvalue weighted by atomic mass is 9.71. The van der Waals surface area contributed by atoms with Gasteiger partial charge in [-0.15, -0.1) is 0 Å². The summed E-state index contributed by atoms with van der Waals surface area (Å²) in [6.07, 6.45) is 14.9. The van der Waals surface area contributed by atoms with E-state index in [4.69, 9.17) is 10.1 Å². The second-order valence-corrected chi connectivity index (χ2v) is 9.97. The highest BCUT2D eigenvalue weighted by molar-refractivity contribution is 6.43. The summed E-state index contributed by atoms with van der Waals surface area (Å²) >= 11 is 0. The highest BCUT2D eigenvalue weighted by Gasteiger charge is 2.44. The maximum atomic E-state index is 15.1. The first kappa shape index (κ1) is 26.3. The highest BCUT2D eigenvalue weighted by Crippen LogP contribution is 2.46. The van der Waals surface area contributed by atoms with Crippen molar-refractivity contribution in [2.75, 3.05) is 13.6 Å². The van der Waals surface area contributed by atoms with Gasteiger partial charge in [-0.2, -0.15) is 0 Å². The molecule has 1 unspecified atom stereocenters. The molecule has 2 aliphatic heterocycles. The maximum Gasteiger partial charge on any atom is 0.328 e. The summed E-state index contributed by atoms with van der Waals surface area (Å²) in [6.45, 7) is 8.92. The second-order valence-electron chi connectivity index (χ2n) is 9.97. The van der Waals surface area contributed by atoms with E-state index in [2.05, 4.69) is 25.7 Å². The molecule has 0 radical (unpaired) electrons. The number of benzene rings is 1. The number of carbonyl (C=O) groups is 2. The molecule has 1 saturated heterocycles. The fourth-order valence-corrected chi connectivity index (χ4v) is 5.56. The Balaban J connectivity index is 1.65. The van der Waals surface area contributed by atoms with Gasteiger partial charge >= 0.3 is 5.97 Å². The molecule has 0 bridgehead atoms. The van der Waals surface area contributed by atoms with Crippen LogP contribution in [0.15, 0.2) is 71.7 Å². The standard InChI is InChI=1S/C30H34FN3O3/c1-5-23-19-25(29(37)34-17-9-16-30(21(34)3)14-6-7-15-30)32-26(33(23)4)18-20(2)24-11-8-10-22(28(24)31)12-13-27(35)36/h6-8,10-13,18-19,21H,2,5,9,14-17H2,1,3-4H3,(H,35,36)/b13-12+,26-18-. The van der Waals surface area contributed by atoms with E-state index in [1.54, 1.807) is 18.2 Å². The molecule has 37 heavy (non-hydrogen) atoms. The number of carboxylic acids is 1. The molecule has 1 N–H and O–H groups in total. The number of hydrogen-bond donors (Lipinski definition) is 1. The number of rotatable bonds is 6. The fourth-order valence-electron chi connectivity index (χ4n) is 5.56. The predicted octanol–water partition coefficient (Wildman–Crippen LogP) is 5.81. The summed E-state index contributed by atoms with van der Waals surface area (Å²) in [7, 11) is 1.87. The zero-order valence-electron chi connectivity index (χ0n) is 21.7. The van der Waals surface area contributed by atoms with Gasteiger partial charge in [0.1, 0.15) is 17.3 Å². The van der Waals surface area contributed by atoms with Crippen LogP contribution < -0.4 is 0 Å². The van der Waals surface area contributed by atoms with E-state index in [0.29, 0.717) is 30.1 Å². The first-order valence-electron chi connectivity index (χ1n) is 12.8. The summed E-state index contributed by atoms with van der Waals surface area (Å²) in [4.78, 5) is 33.2. The first-order chi connectivity index (χ1) is 17.7. The van der Waals surface area contributed by atoms with Gasteiger partial charge in [0.25, 0.3) is 5.91 Å². The van der Waals surface area contributed by atoms with E-state index in [0.717, 1.165) is 37.5 Å². The summed E-state index contributed by atoms with van der Waals surface area (Å²) < 4.78 is 15.1. The van der Waals surface area contributed by atoms with Crippen molar-refractivity contribution in [3.63, 3.8) is 0 Å². The number of carboxylic acid groups (broad SMARTS) is 1. The van der Waals surface area contributed by atoms with Crippen molar-refractivity contribution < 1.29 is 19.1 Å². The van der Waals surface area contributed by atoms with Crippen LogP contribution >= 0.6 is 0 Å². The van der Waals surface area contributed by atoms with E-state index in [1.807, 2.05) is 29.8 Å². The Morgan fingerprint density at radius 1 is 1.30 bits per heavy atom. The van der Waals surface area contributed by atoms with Gasteiger partial charge in [-0.1, -0.05) is 43.9 Å². The highest BCUT2D eigenvalue weighted by atomic mass is 19.1. The summed E-state index contributed by atoms with van der Waals surface area (Å²) in [5.74, 6) is -1.30. The van der Waals surface area contributed by atoms with E-state index in [1.165, 1.54) is 12.1 Å². The van der Waals surface area contributed by atoms with Crippen LogP contribution in [0.3, 0.4) is 0 Å². The number of halogens is 1. The largest absolute Gasteiger partial charge is 0.478 e. The lowest BCUT2D eigenvalue weighted by molar-refractivity contribution is -0.132. The van der Waals surface area contributed by atoms with Gasteiger partial charge in [-0.25, -0.2) is 14.2 Å². The summed E-state index contributed by atoms with van der Waals surface area (Å²) in [6, 6.07) is 4.86. The third-order valence-corrected chi connectivity index (χ3v) is 7.88. The van der Waals surface area contributed by atoms with Crippen LogP contribution in [0.5, 0.6) is 0 Å². The van der Waals surface area contributed by atoms with Gasteiger partial charge in [0.05, 0.1) is 0 Å². The van der Waals surface area contributed by atoms with Crippen molar-refractivity contribution in [1.29, 1.82) is 0 Å². The molecule has 1 aromatic rings. The van der Waals surface area contributed by atoms with Gasteiger partial charge < -0.3 is 14.9 Å². The number of nitrogens with zero attached hydrogens (tertiary/aromatic N) is 3. The number of carbonyl (C=O) groups excluding carboxylic acids is 1. The molecule has 4 rings (SSSR count). The molecule has 1 aromatic carbocycles. The van der Waals surface area contributed by atoms with Crippen LogP contribution in [0.2, 0.25) is 0 Å². The molecule has 1 atom stereocenters. The average Bonchev–Trinajstić information content (AvgIpc) is 3.35. The maximum absolute atomic E-state index is 15.1.